The molecule has 72 valence electrons. The number of nitrogens with one attached hydrogen (secondary N) is 1. The van der Waals surface area contributed by atoms with Crippen LogP contribution in [0.25, 0.3) is 0 Å². The summed E-state index contributed by atoms with van der Waals surface area (Å²) in [5.41, 5.74) is 0. The zero-order valence-corrected chi connectivity index (χ0v) is 7.94. The van der Waals surface area contributed by atoms with Gasteiger partial charge in [-0.2, -0.15) is 0 Å². The number of aliphatic hydroxyl groups is 1. The standard InChI is InChI=1S/C9H15N3O/c1-3-8(7(2)13)12-9-10-5-4-6-11-9/h4-8,13H,3H2,1-2H3,(H,10,11,12). The van der Waals surface area contributed by atoms with Gasteiger partial charge >= 0.3 is 0 Å². The highest BCUT2D eigenvalue weighted by Gasteiger charge is 2.12. The molecule has 13 heavy (non-hydrogen) atoms. The average Bonchev–Trinajstić information content (AvgIpc) is 2.15. The molecule has 1 aromatic rings. The number of nitrogens with zero attached hydrogens (tertiary/aromatic N) is 2. The third kappa shape index (κ3) is 2.99. The van der Waals surface area contributed by atoms with Gasteiger partial charge in [0.15, 0.2) is 0 Å². The van der Waals surface area contributed by atoms with Crippen molar-refractivity contribution < 1.29 is 5.11 Å². The van der Waals surface area contributed by atoms with E-state index in [0.717, 1.165) is 6.42 Å². The van der Waals surface area contributed by atoms with Crippen LogP contribution in [0.2, 0.25) is 0 Å². The summed E-state index contributed by atoms with van der Waals surface area (Å²) < 4.78 is 0. The van der Waals surface area contributed by atoms with Crippen LogP contribution in [0.5, 0.6) is 0 Å². The molecule has 2 N–H and O–H groups in total. The van der Waals surface area contributed by atoms with Gasteiger partial charge in [0.25, 0.3) is 0 Å². The van der Waals surface area contributed by atoms with Crippen molar-refractivity contribution in [2.75, 3.05) is 5.32 Å². The Morgan fingerprint density at radius 2 is 2.08 bits per heavy atom. The van der Waals surface area contributed by atoms with Gasteiger partial charge in [0.1, 0.15) is 0 Å². The first kappa shape index (κ1) is 9.92. The van der Waals surface area contributed by atoms with Gasteiger partial charge < -0.3 is 10.4 Å². The molecule has 4 nitrogen and oxygen atoms in total. The highest BCUT2D eigenvalue weighted by atomic mass is 16.3. The van der Waals surface area contributed by atoms with E-state index in [1.54, 1.807) is 25.4 Å². The Hall–Kier alpha value is -1.16. The van der Waals surface area contributed by atoms with E-state index in [2.05, 4.69) is 15.3 Å². The quantitative estimate of drug-likeness (QED) is 0.729. The summed E-state index contributed by atoms with van der Waals surface area (Å²) in [4.78, 5) is 8.03. The van der Waals surface area contributed by atoms with Crippen molar-refractivity contribution in [1.29, 1.82) is 0 Å². The number of hydrogen-bond donors (Lipinski definition) is 2. The lowest BCUT2D eigenvalue weighted by Crippen LogP contribution is -2.31. The van der Waals surface area contributed by atoms with E-state index in [1.807, 2.05) is 6.92 Å². The van der Waals surface area contributed by atoms with Crippen molar-refractivity contribution in [2.45, 2.75) is 32.4 Å². The number of aliphatic hydroxyl groups excluding tert-OH is 1. The Balaban J connectivity index is 2.57. The fourth-order valence-corrected chi connectivity index (χ4v) is 1.10. The maximum absolute atomic E-state index is 9.36. The van der Waals surface area contributed by atoms with Gasteiger partial charge in [-0.3, -0.25) is 0 Å². The van der Waals surface area contributed by atoms with Crippen molar-refractivity contribution in [2.24, 2.45) is 0 Å². The van der Waals surface area contributed by atoms with E-state index in [0.29, 0.717) is 5.95 Å². The van der Waals surface area contributed by atoms with E-state index < -0.39 is 6.10 Å². The zero-order chi connectivity index (χ0) is 9.68. The molecule has 0 aliphatic heterocycles. The first-order chi connectivity index (χ1) is 6.24. The summed E-state index contributed by atoms with van der Waals surface area (Å²) in [5.74, 6) is 0.565. The summed E-state index contributed by atoms with van der Waals surface area (Å²) in [5, 5.41) is 12.4. The molecule has 0 radical (unpaired) electrons. The van der Waals surface area contributed by atoms with Gasteiger partial charge in [0.05, 0.1) is 12.1 Å². The van der Waals surface area contributed by atoms with Gasteiger partial charge in [0.2, 0.25) is 5.95 Å². The normalized spacial score (nSPS) is 15.0. The predicted molar refractivity (Wildman–Crippen MR) is 51.4 cm³/mol. The van der Waals surface area contributed by atoms with Crippen LogP contribution in [0, 0.1) is 0 Å². The lowest BCUT2D eigenvalue weighted by molar-refractivity contribution is 0.169. The van der Waals surface area contributed by atoms with Crippen LogP contribution in [0.1, 0.15) is 20.3 Å². The second-order valence-corrected chi connectivity index (χ2v) is 2.97. The molecular weight excluding hydrogens is 166 g/mol. The van der Waals surface area contributed by atoms with Crippen molar-refractivity contribution in [3.63, 3.8) is 0 Å². The van der Waals surface area contributed by atoms with E-state index >= 15 is 0 Å². The Morgan fingerprint density at radius 3 is 2.54 bits per heavy atom. The molecule has 2 atom stereocenters. The molecule has 0 bridgehead atoms. The SMILES string of the molecule is CCC(Nc1ncccn1)C(C)O. The van der Waals surface area contributed by atoms with Crippen LogP contribution >= 0.6 is 0 Å². The molecule has 2 unspecified atom stereocenters. The molecule has 0 amide bonds. The molecule has 1 rings (SSSR count). The van der Waals surface area contributed by atoms with Gasteiger partial charge in [-0.25, -0.2) is 9.97 Å². The third-order valence-corrected chi connectivity index (χ3v) is 1.90. The van der Waals surface area contributed by atoms with Crippen LogP contribution in [0.3, 0.4) is 0 Å². The Bertz CT molecular complexity index is 238. The highest BCUT2D eigenvalue weighted by Crippen LogP contribution is 2.05. The molecule has 0 aromatic carbocycles. The molecular formula is C9H15N3O. The Morgan fingerprint density at radius 1 is 1.46 bits per heavy atom. The Kier molecular flexibility index (Phi) is 3.64. The van der Waals surface area contributed by atoms with Crippen molar-refractivity contribution in [1.82, 2.24) is 9.97 Å². The minimum atomic E-state index is -0.395. The van der Waals surface area contributed by atoms with Gasteiger partial charge in [-0.1, -0.05) is 6.92 Å². The van der Waals surface area contributed by atoms with E-state index in [4.69, 9.17) is 0 Å². The lowest BCUT2D eigenvalue weighted by atomic mass is 10.1. The van der Waals surface area contributed by atoms with Crippen LogP contribution in [0.15, 0.2) is 18.5 Å². The summed E-state index contributed by atoms with van der Waals surface area (Å²) >= 11 is 0. The fourth-order valence-electron chi connectivity index (χ4n) is 1.10. The molecule has 0 aliphatic rings. The van der Waals surface area contributed by atoms with E-state index in [-0.39, 0.29) is 6.04 Å². The summed E-state index contributed by atoms with van der Waals surface area (Å²) in [6, 6.07) is 1.77. The number of hydrogen-bond acceptors (Lipinski definition) is 4. The third-order valence-electron chi connectivity index (χ3n) is 1.90. The maximum Gasteiger partial charge on any atom is 0.222 e. The minimum absolute atomic E-state index is 0.0161. The lowest BCUT2D eigenvalue weighted by Gasteiger charge is -2.19. The van der Waals surface area contributed by atoms with Crippen molar-refractivity contribution >= 4 is 5.95 Å². The first-order valence-corrected chi connectivity index (χ1v) is 4.45. The Labute approximate surface area is 78.0 Å². The molecule has 0 fully saturated rings. The number of rotatable bonds is 4. The minimum Gasteiger partial charge on any atom is -0.391 e. The van der Waals surface area contributed by atoms with Crippen LogP contribution < -0.4 is 5.32 Å². The van der Waals surface area contributed by atoms with Crippen molar-refractivity contribution in [3.05, 3.63) is 18.5 Å². The average molecular weight is 181 g/mol. The number of anilines is 1. The summed E-state index contributed by atoms with van der Waals surface area (Å²) in [6.07, 6.45) is 3.79. The van der Waals surface area contributed by atoms with Crippen LogP contribution in [0.4, 0.5) is 5.95 Å². The fraction of sp³-hybridized carbons (Fsp3) is 0.556. The summed E-state index contributed by atoms with van der Waals surface area (Å²) in [6.45, 7) is 3.76. The second-order valence-electron chi connectivity index (χ2n) is 2.97. The summed E-state index contributed by atoms with van der Waals surface area (Å²) in [7, 11) is 0. The molecule has 4 heteroatoms. The van der Waals surface area contributed by atoms with E-state index in [9.17, 15) is 5.11 Å². The van der Waals surface area contributed by atoms with Crippen molar-refractivity contribution in [3.8, 4) is 0 Å². The van der Waals surface area contributed by atoms with Crippen LogP contribution in [-0.2, 0) is 0 Å². The zero-order valence-electron chi connectivity index (χ0n) is 7.94. The maximum atomic E-state index is 9.36. The second kappa shape index (κ2) is 4.77. The molecule has 1 heterocycles. The highest BCUT2D eigenvalue weighted by molar-refractivity contribution is 5.24. The molecule has 0 saturated heterocycles. The molecule has 0 spiro atoms. The molecule has 1 aromatic heterocycles. The largest absolute Gasteiger partial charge is 0.391 e. The topological polar surface area (TPSA) is 58.0 Å². The smallest absolute Gasteiger partial charge is 0.222 e. The van der Waals surface area contributed by atoms with Gasteiger partial charge in [-0.15, -0.1) is 0 Å². The first-order valence-electron chi connectivity index (χ1n) is 4.45. The monoisotopic (exact) mass is 181 g/mol. The predicted octanol–water partition coefficient (Wildman–Crippen LogP) is 1.05. The van der Waals surface area contributed by atoms with Crippen LogP contribution in [-0.4, -0.2) is 27.2 Å². The van der Waals surface area contributed by atoms with E-state index in [1.165, 1.54) is 0 Å². The van der Waals surface area contributed by atoms with Gasteiger partial charge in [-0.05, 0) is 19.4 Å². The molecule has 0 aliphatic carbocycles. The molecule has 0 saturated carbocycles. The van der Waals surface area contributed by atoms with Gasteiger partial charge in [0, 0.05) is 12.4 Å². The number of aromatic nitrogens is 2.